The number of nitrogens with two attached hydrogens (primary N) is 1. The Kier molecular flexibility index (Phi) is 6.44. The number of halogens is 4. The molecule has 0 bridgehead atoms. The van der Waals surface area contributed by atoms with Crippen LogP contribution in [0.2, 0.25) is 5.28 Å². The third-order valence-electron chi connectivity index (χ3n) is 5.64. The minimum atomic E-state index is -4.53. The number of piperazine rings is 1. The number of likely N-dealkylation sites (N-methyl/N-ethyl adjacent to an activating group) is 1. The smallest absolute Gasteiger partial charge is 0.399 e. The fourth-order valence-electron chi connectivity index (χ4n) is 3.86. The summed E-state index contributed by atoms with van der Waals surface area (Å²) in [5.74, 6) is 0.275. The highest BCUT2D eigenvalue weighted by atomic mass is 35.5. The minimum absolute atomic E-state index is 0.0148. The van der Waals surface area contributed by atoms with Crippen LogP contribution in [0.15, 0.2) is 18.2 Å². The van der Waals surface area contributed by atoms with E-state index in [0.717, 1.165) is 12.1 Å². The number of anilines is 2. The molecule has 4 rings (SSSR count). The van der Waals surface area contributed by atoms with E-state index >= 15 is 0 Å². The molecule has 0 spiro atoms. The fourth-order valence-corrected chi connectivity index (χ4v) is 5.57. The van der Waals surface area contributed by atoms with Crippen molar-refractivity contribution < 1.29 is 21.6 Å². The SMILES string of the molecule is CN1CCN(S(=O)(=O)N2Cc3nc(Cl)nc(NCc4cc(N)cc(C(F)(F)F)c4)c3C2)CC1. The topological polar surface area (TPSA) is 108 Å². The quantitative estimate of drug-likeness (QED) is 0.473. The number of hydrogen-bond acceptors (Lipinski definition) is 7. The van der Waals surface area contributed by atoms with Gasteiger partial charge in [0.15, 0.2) is 0 Å². The van der Waals surface area contributed by atoms with E-state index < -0.39 is 21.9 Å². The Labute approximate surface area is 194 Å². The highest BCUT2D eigenvalue weighted by Gasteiger charge is 2.37. The van der Waals surface area contributed by atoms with Gasteiger partial charge in [-0.05, 0) is 42.4 Å². The predicted octanol–water partition coefficient (Wildman–Crippen LogP) is 2.15. The number of nitrogens with zero attached hydrogens (tertiary/aromatic N) is 5. The van der Waals surface area contributed by atoms with E-state index in [2.05, 4.69) is 20.2 Å². The van der Waals surface area contributed by atoms with E-state index in [1.807, 2.05) is 7.05 Å². The number of hydrogen-bond donors (Lipinski definition) is 2. The number of nitrogens with one attached hydrogen (secondary N) is 1. The third-order valence-corrected chi connectivity index (χ3v) is 7.74. The second-order valence-corrected chi connectivity index (χ2v) is 10.3. The summed E-state index contributed by atoms with van der Waals surface area (Å²) in [7, 11) is -1.78. The highest BCUT2D eigenvalue weighted by Crippen LogP contribution is 2.33. The summed E-state index contributed by atoms with van der Waals surface area (Å²) in [4.78, 5) is 10.4. The summed E-state index contributed by atoms with van der Waals surface area (Å²) in [6.07, 6.45) is -4.53. The van der Waals surface area contributed by atoms with Gasteiger partial charge in [-0.3, -0.25) is 0 Å². The molecule has 3 heterocycles. The zero-order chi connectivity index (χ0) is 24.0. The fraction of sp³-hybridized carbons (Fsp3) is 0.474. The highest BCUT2D eigenvalue weighted by molar-refractivity contribution is 7.86. The van der Waals surface area contributed by atoms with Gasteiger partial charge in [0.2, 0.25) is 5.28 Å². The largest absolute Gasteiger partial charge is 0.416 e. The Morgan fingerprint density at radius 1 is 1.09 bits per heavy atom. The molecular weight excluding hydrogens is 483 g/mol. The Morgan fingerprint density at radius 3 is 2.45 bits per heavy atom. The van der Waals surface area contributed by atoms with E-state index in [1.54, 1.807) is 0 Å². The summed E-state index contributed by atoms with van der Waals surface area (Å²) in [5, 5.41) is 2.88. The molecule has 2 aromatic rings. The van der Waals surface area contributed by atoms with Crippen molar-refractivity contribution in [2.75, 3.05) is 44.3 Å². The Morgan fingerprint density at radius 2 is 1.79 bits per heavy atom. The molecule has 1 saturated heterocycles. The lowest BCUT2D eigenvalue weighted by molar-refractivity contribution is -0.137. The lowest BCUT2D eigenvalue weighted by Gasteiger charge is -2.33. The van der Waals surface area contributed by atoms with Crippen LogP contribution in [-0.4, -0.2) is 65.1 Å². The zero-order valence-electron chi connectivity index (χ0n) is 17.7. The first-order valence-electron chi connectivity index (χ1n) is 10.1. The Hall–Kier alpha value is -2.19. The van der Waals surface area contributed by atoms with Crippen molar-refractivity contribution in [3.05, 3.63) is 45.9 Å². The number of rotatable bonds is 5. The van der Waals surface area contributed by atoms with Gasteiger partial charge in [0, 0.05) is 50.5 Å². The summed E-state index contributed by atoms with van der Waals surface area (Å²) < 4.78 is 68.3. The van der Waals surface area contributed by atoms with Gasteiger partial charge in [-0.15, -0.1) is 0 Å². The molecule has 0 amide bonds. The van der Waals surface area contributed by atoms with Crippen molar-refractivity contribution in [3.63, 3.8) is 0 Å². The number of alkyl halides is 3. The lowest BCUT2D eigenvalue weighted by atomic mass is 10.1. The van der Waals surface area contributed by atoms with Crippen LogP contribution < -0.4 is 11.1 Å². The van der Waals surface area contributed by atoms with E-state index in [0.29, 0.717) is 43.0 Å². The molecule has 0 atom stereocenters. The minimum Gasteiger partial charge on any atom is -0.399 e. The average Bonchev–Trinajstić information content (AvgIpc) is 3.16. The van der Waals surface area contributed by atoms with Crippen LogP contribution in [0.4, 0.5) is 24.7 Å². The standard InChI is InChI=1S/C19H23ClF3N7O2S/c1-28-2-4-29(5-3-28)33(31,32)30-10-15-16(11-30)26-18(20)27-17(15)25-9-12-6-13(19(21,22)23)8-14(24)7-12/h6-8H,2-5,9-11,24H2,1H3,(H,25,26,27). The van der Waals surface area contributed by atoms with Crippen molar-refractivity contribution in [2.45, 2.75) is 25.8 Å². The third kappa shape index (κ3) is 5.17. The van der Waals surface area contributed by atoms with Crippen LogP contribution in [0.25, 0.3) is 0 Å². The van der Waals surface area contributed by atoms with Crippen LogP contribution in [-0.2, 0) is 36.0 Å². The van der Waals surface area contributed by atoms with Crippen molar-refractivity contribution >= 4 is 33.3 Å². The maximum absolute atomic E-state index is 13.1. The molecule has 0 saturated carbocycles. The molecular formula is C19H23ClF3N7O2S. The van der Waals surface area contributed by atoms with Gasteiger partial charge < -0.3 is 16.0 Å². The average molecular weight is 506 g/mol. The molecule has 14 heteroatoms. The molecule has 0 unspecified atom stereocenters. The first-order valence-corrected chi connectivity index (χ1v) is 11.9. The maximum atomic E-state index is 13.1. The van der Waals surface area contributed by atoms with Crippen LogP contribution in [0.3, 0.4) is 0 Å². The van der Waals surface area contributed by atoms with Gasteiger partial charge in [0.05, 0.1) is 17.8 Å². The predicted molar refractivity (Wildman–Crippen MR) is 117 cm³/mol. The van der Waals surface area contributed by atoms with Crippen molar-refractivity contribution in [1.29, 1.82) is 0 Å². The van der Waals surface area contributed by atoms with Crippen LogP contribution in [0.1, 0.15) is 22.4 Å². The monoisotopic (exact) mass is 505 g/mol. The maximum Gasteiger partial charge on any atom is 0.416 e. The van der Waals surface area contributed by atoms with Crippen molar-refractivity contribution in [2.24, 2.45) is 0 Å². The number of fused-ring (bicyclic) bond motifs is 1. The van der Waals surface area contributed by atoms with Crippen LogP contribution >= 0.6 is 11.6 Å². The second-order valence-electron chi connectivity index (χ2n) is 8.06. The number of aromatic nitrogens is 2. The molecule has 9 nitrogen and oxygen atoms in total. The van der Waals surface area contributed by atoms with Gasteiger partial charge in [-0.2, -0.15) is 30.2 Å². The molecule has 2 aliphatic rings. The molecule has 33 heavy (non-hydrogen) atoms. The van der Waals surface area contributed by atoms with Gasteiger partial charge in [0.25, 0.3) is 10.2 Å². The van der Waals surface area contributed by atoms with Gasteiger partial charge in [0.1, 0.15) is 5.82 Å². The molecule has 3 N–H and O–H groups in total. The van der Waals surface area contributed by atoms with Gasteiger partial charge >= 0.3 is 6.18 Å². The molecule has 1 aromatic carbocycles. The molecule has 0 radical (unpaired) electrons. The van der Waals surface area contributed by atoms with Crippen molar-refractivity contribution in [1.82, 2.24) is 23.5 Å². The Bertz CT molecular complexity index is 1150. The van der Waals surface area contributed by atoms with E-state index in [9.17, 15) is 21.6 Å². The molecule has 0 aliphatic carbocycles. The molecule has 180 valence electrons. The van der Waals surface area contributed by atoms with E-state index in [1.165, 1.54) is 14.7 Å². The first kappa shape index (κ1) is 24.0. The van der Waals surface area contributed by atoms with E-state index in [4.69, 9.17) is 17.3 Å². The van der Waals surface area contributed by atoms with Gasteiger partial charge in [-0.1, -0.05) is 0 Å². The van der Waals surface area contributed by atoms with Crippen molar-refractivity contribution in [3.8, 4) is 0 Å². The normalized spacial score (nSPS) is 18.5. The summed E-state index contributed by atoms with van der Waals surface area (Å²) >= 11 is 6.03. The summed E-state index contributed by atoms with van der Waals surface area (Å²) in [5.41, 5.74) is 6.05. The number of benzene rings is 1. The molecule has 1 fully saturated rings. The zero-order valence-corrected chi connectivity index (χ0v) is 19.3. The first-order chi connectivity index (χ1) is 15.4. The lowest BCUT2D eigenvalue weighted by Crippen LogP contribution is -2.51. The number of nitrogen functional groups attached to an aromatic ring is 1. The molecule has 1 aromatic heterocycles. The van der Waals surface area contributed by atoms with Crippen LogP contribution in [0.5, 0.6) is 0 Å². The van der Waals surface area contributed by atoms with E-state index in [-0.39, 0.29) is 36.4 Å². The van der Waals surface area contributed by atoms with Gasteiger partial charge in [-0.25, -0.2) is 9.97 Å². The summed E-state index contributed by atoms with van der Waals surface area (Å²) in [6.45, 7) is 2.11. The summed E-state index contributed by atoms with van der Waals surface area (Å²) in [6, 6.07) is 3.29. The second kappa shape index (κ2) is 8.87. The van der Waals surface area contributed by atoms with Crippen LogP contribution in [0, 0.1) is 0 Å². The Balaban J connectivity index is 1.53. The molecule has 2 aliphatic heterocycles.